The maximum absolute atomic E-state index is 12.0. The first-order valence-corrected chi connectivity index (χ1v) is 6.29. The Kier molecular flexibility index (Phi) is 5.34. The molecule has 1 amide bonds. The first-order valence-electron chi connectivity index (χ1n) is 6.29. The fourth-order valence-electron chi connectivity index (χ4n) is 1.37. The molecule has 0 radical (unpaired) electrons. The average Bonchev–Trinajstić information content (AvgIpc) is 2.44. The SMILES string of the molecule is CCC(C)(NC(=O)c1ccc(OCC(F)(F)F)nc1)C(=O)O. The molecule has 0 aliphatic heterocycles. The summed E-state index contributed by atoms with van der Waals surface area (Å²) in [6.07, 6.45) is -3.31. The number of carboxylic acids is 1. The number of halogens is 3. The third-order valence-corrected chi connectivity index (χ3v) is 2.95. The molecule has 0 fully saturated rings. The van der Waals surface area contributed by atoms with Gasteiger partial charge < -0.3 is 15.2 Å². The van der Waals surface area contributed by atoms with Crippen molar-refractivity contribution < 1.29 is 32.6 Å². The number of hydrogen-bond acceptors (Lipinski definition) is 4. The Balaban J connectivity index is 2.74. The van der Waals surface area contributed by atoms with Crippen LogP contribution in [0.3, 0.4) is 0 Å². The van der Waals surface area contributed by atoms with E-state index in [9.17, 15) is 22.8 Å². The summed E-state index contributed by atoms with van der Waals surface area (Å²) in [5, 5.41) is 11.4. The van der Waals surface area contributed by atoms with Gasteiger partial charge in [-0.1, -0.05) is 6.92 Å². The van der Waals surface area contributed by atoms with Crippen molar-refractivity contribution in [2.75, 3.05) is 6.61 Å². The molecule has 1 unspecified atom stereocenters. The van der Waals surface area contributed by atoms with Gasteiger partial charge >= 0.3 is 12.1 Å². The van der Waals surface area contributed by atoms with Crippen molar-refractivity contribution in [3.63, 3.8) is 0 Å². The number of nitrogens with zero attached hydrogens (tertiary/aromatic N) is 1. The second kappa shape index (κ2) is 6.63. The topological polar surface area (TPSA) is 88.5 Å². The number of ether oxygens (including phenoxy) is 1. The largest absolute Gasteiger partial charge is 0.480 e. The Morgan fingerprint density at radius 3 is 2.41 bits per heavy atom. The highest BCUT2D eigenvalue weighted by Crippen LogP contribution is 2.17. The van der Waals surface area contributed by atoms with Crippen LogP contribution in [0.15, 0.2) is 18.3 Å². The van der Waals surface area contributed by atoms with Crippen molar-refractivity contribution in [2.45, 2.75) is 32.0 Å². The normalized spacial score (nSPS) is 14.0. The second-order valence-corrected chi connectivity index (χ2v) is 4.73. The third kappa shape index (κ3) is 4.90. The van der Waals surface area contributed by atoms with Gasteiger partial charge in [-0.05, 0) is 19.4 Å². The van der Waals surface area contributed by atoms with Gasteiger partial charge in [-0.2, -0.15) is 13.2 Å². The highest BCUT2D eigenvalue weighted by molar-refractivity contribution is 5.97. The van der Waals surface area contributed by atoms with E-state index in [-0.39, 0.29) is 17.9 Å². The molecule has 0 aromatic carbocycles. The molecular weight excluding hydrogens is 305 g/mol. The van der Waals surface area contributed by atoms with E-state index in [1.807, 2.05) is 0 Å². The van der Waals surface area contributed by atoms with E-state index in [1.165, 1.54) is 13.0 Å². The number of nitrogens with one attached hydrogen (secondary N) is 1. The number of alkyl halides is 3. The fourth-order valence-corrected chi connectivity index (χ4v) is 1.37. The van der Waals surface area contributed by atoms with Crippen LogP contribution < -0.4 is 10.1 Å². The predicted octanol–water partition coefficient (Wildman–Crippen LogP) is 2.01. The number of pyridine rings is 1. The van der Waals surface area contributed by atoms with E-state index in [2.05, 4.69) is 15.0 Å². The quantitative estimate of drug-likeness (QED) is 0.837. The van der Waals surface area contributed by atoms with Crippen molar-refractivity contribution >= 4 is 11.9 Å². The van der Waals surface area contributed by atoms with E-state index in [0.29, 0.717) is 0 Å². The lowest BCUT2D eigenvalue weighted by atomic mass is 9.99. The molecule has 6 nitrogen and oxygen atoms in total. The zero-order chi connectivity index (χ0) is 17.0. The van der Waals surface area contributed by atoms with E-state index >= 15 is 0 Å². The van der Waals surface area contributed by atoms with Crippen molar-refractivity contribution in [2.24, 2.45) is 0 Å². The average molecular weight is 320 g/mol. The summed E-state index contributed by atoms with van der Waals surface area (Å²) >= 11 is 0. The van der Waals surface area contributed by atoms with Crippen LogP contribution in [-0.4, -0.2) is 40.3 Å². The molecule has 0 aliphatic carbocycles. The van der Waals surface area contributed by atoms with E-state index in [1.54, 1.807) is 6.92 Å². The van der Waals surface area contributed by atoms with Crippen LogP contribution in [0.2, 0.25) is 0 Å². The van der Waals surface area contributed by atoms with Crippen LogP contribution in [0.25, 0.3) is 0 Å². The van der Waals surface area contributed by atoms with Gasteiger partial charge in [0.2, 0.25) is 5.88 Å². The molecule has 0 saturated heterocycles. The van der Waals surface area contributed by atoms with Crippen molar-refractivity contribution in [3.8, 4) is 5.88 Å². The number of aliphatic carboxylic acids is 1. The third-order valence-electron chi connectivity index (χ3n) is 2.95. The molecule has 0 spiro atoms. The van der Waals surface area contributed by atoms with Crippen LogP contribution >= 0.6 is 0 Å². The molecule has 0 saturated carbocycles. The van der Waals surface area contributed by atoms with Crippen molar-refractivity contribution in [1.82, 2.24) is 10.3 Å². The zero-order valence-electron chi connectivity index (χ0n) is 11.9. The Bertz CT molecular complexity index is 545. The minimum absolute atomic E-state index is 0.0142. The van der Waals surface area contributed by atoms with Gasteiger partial charge in [0.05, 0.1) is 5.56 Å². The number of aromatic nitrogens is 1. The van der Waals surface area contributed by atoms with Crippen LogP contribution in [0.5, 0.6) is 5.88 Å². The minimum Gasteiger partial charge on any atom is -0.480 e. The van der Waals surface area contributed by atoms with Crippen molar-refractivity contribution in [3.05, 3.63) is 23.9 Å². The molecule has 0 bridgehead atoms. The van der Waals surface area contributed by atoms with Gasteiger partial charge in [-0.15, -0.1) is 0 Å². The fraction of sp³-hybridized carbons (Fsp3) is 0.462. The summed E-state index contributed by atoms with van der Waals surface area (Å²) in [5.74, 6) is -2.17. The smallest absolute Gasteiger partial charge is 0.422 e. The van der Waals surface area contributed by atoms with Gasteiger partial charge in [0, 0.05) is 12.3 Å². The molecule has 0 aliphatic rings. The van der Waals surface area contributed by atoms with Crippen LogP contribution in [0, 0.1) is 0 Å². The van der Waals surface area contributed by atoms with E-state index in [4.69, 9.17) is 5.11 Å². The van der Waals surface area contributed by atoms with E-state index in [0.717, 1.165) is 12.3 Å². The Morgan fingerprint density at radius 1 is 1.36 bits per heavy atom. The number of carbonyl (C=O) groups excluding carboxylic acids is 1. The van der Waals surface area contributed by atoms with Crippen LogP contribution in [0.4, 0.5) is 13.2 Å². The summed E-state index contributed by atoms with van der Waals surface area (Å²) in [5.41, 5.74) is -1.43. The molecule has 2 N–H and O–H groups in total. The highest BCUT2D eigenvalue weighted by atomic mass is 19.4. The van der Waals surface area contributed by atoms with Crippen LogP contribution in [-0.2, 0) is 4.79 Å². The standard InChI is InChI=1S/C13H15F3N2O4/c1-3-12(2,11(20)21)18-10(19)8-4-5-9(17-6-8)22-7-13(14,15)16/h4-6H,3,7H2,1-2H3,(H,18,19)(H,20,21). The summed E-state index contributed by atoms with van der Waals surface area (Å²) in [4.78, 5) is 26.6. The number of amides is 1. The monoisotopic (exact) mass is 320 g/mol. The van der Waals surface area contributed by atoms with Gasteiger partial charge in [0.1, 0.15) is 5.54 Å². The lowest BCUT2D eigenvalue weighted by molar-refractivity contribution is -0.154. The maximum atomic E-state index is 12.0. The number of rotatable bonds is 6. The number of carboxylic acid groups (broad SMARTS) is 1. The second-order valence-electron chi connectivity index (χ2n) is 4.73. The number of carbonyl (C=O) groups is 2. The summed E-state index contributed by atoms with van der Waals surface area (Å²) in [7, 11) is 0. The Labute approximate surface area is 124 Å². The molecule has 9 heteroatoms. The molecule has 122 valence electrons. The number of hydrogen-bond donors (Lipinski definition) is 2. The lowest BCUT2D eigenvalue weighted by Crippen LogP contribution is -2.51. The summed E-state index contributed by atoms with van der Waals surface area (Å²) in [6, 6.07) is 2.30. The molecule has 22 heavy (non-hydrogen) atoms. The highest BCUT2D eigenvalue weighted by Gasteiger charge is 2.33. The zero-order valence-corrected chi connectivity index (χ0v) is 11.9. The summed E-state index contributed by atoms with van der Waals surface area (Å²) < 4.78 is 40.3. The first-order chi connectivity index (χ1) is 10.1. The minimum atomic E-state index is -4.48. The molecule has 1 aromatic rings. The summed E-state index contributed by atoms with van der Waals surface area (Å²) in [6.45, 7) is 1.46. The molecule has 1 rings (SSSR count). The van der Waals surface area contributed by atoms with Gasteiger partial charge in [-0.25, -0.2) is 9.78 Å². The lowest BCUT2D eigenvalue weighted by Gasteiger charge is -2.24. The van der Waals surface area contributed by atoms with Crippen LogP contribution in [0.1, 0.15) is 30.6 Å². The Morgan fingerprint density at radius 2 is 2.00 bits per heavy atom. The van der Waals surface area contributed by atoms with Gasteiger partial charge in [0.15, 0.2) is 6.61 Å². The van der Waals surface area contributed by atoms with E-state index < -0.39 is 30.2 Å². The molecular formula is C13H15F3N2O4. The van der Waals surface area contributed by atoms with Gasteiger partial charge in [-0.3, -0.25) is 4.79 Å². The Hall–Kier alpha value is -2.32. The molecule has 1 aromatic heterocycles. The van der Waals surface area contributed by atoms with Gasteiger partial charge in [0.25, 0.3) is 5.91 Å². The van der Waals surface area contributed by atoms with Crippen molar-refractivity contribution in [1.29, 1.82) is 0 Å². The molecule has 1 heterocycles. The first kappa shape index (κ1) is 17.7. The predicted molar refractivity (Wildman–Crippen MR) is 69.6 cm³/mol. The maximum Gasteiger partial charge on any atom is 0.422 e. The molecule has 1 atom stereocenters.